The van der Waals surface area contributed by atoms with E-state index in [0.29, 0.717) is 5.91 Å². The molecule has 1 N–H and O–H groups in total. The molecule has 2 saturated carbocycles. The number of nitrogens with one attached hydrogen (secondary N) is 1. The summed E-state index contributed by atoms with van der Waals surface area (Å²) >= 11 is 0. The number of rotatable bonds is 3. The largest absolute Gasteiger partial charge is 0.324 e. The number of likely N-dealkylation sites (N-methyl/N-ethyl adjacent to an activating group) is 1. The number of carbonyl (C=O) groups excluding carboxylic acids is 1. The molecule has 1 heterocycles. The van der Waals surface area contributed by atoms with Crippen molar-refractivity contribution in [2.24, 2.45) is 0 Å². The van der Waals surface area contributed by atoms with Crippen LogP contribution in [-0.2, 0) is 4.79 Å². The van der Waals surface area contributed by atoms with Crippen LogP contribution in [-0.4, -0.2) is 53.6 Å². The van der Waals surface area contributed by atoms with Gasteiger partial charge in [0.2, 0.25) is 5.91 Å². The lowest BCUT2D eigenvalue weighted by Crippen LogP contribution is -2.53. The monoisotopic (exact) mass is 251 g/mol. The fourth-order valence-corrected chi connectivity index (χ4v) is 3.78. The number of nitrogens with zero attached hydrogens (tertiary/aromatic N) is 2. The first-order chi connectivity index (χ1) is 8.49. The zero-order valence-corrected chi connectivity index (χ0v) is 11.8. The Kier molecular flexibility index (Phi) is 2.72. The Labute approximate surface area is 110 Å². The molecule has 0 aromatic carbocycles. The minimum absolute atomic E-state index is 0.161. The van der Waals surface area contributed by atoms with Gasteiger partial charge >= 0.3 is 0 Å². The van der Waals surface area contributed by atoms with Gasteiger partial charge in [0.1, 0.15) is 0 Å². The predicted molar refractivity (Wildman–Crippen MR) is 71.2 cm³/mol. The third-order valence-corrected chi connectivity index (χ3v) is 5.32. The molecule has 1 spiro atoms. The quantitative estimate of drug-likeness (QED) is 0.818. The van der Waals surface area contributed by atoms with Crippen LogP contribution in [0.1, 0.15) is 45.4 Å². The van der Waals surface area contributed by atoms with Crippen LogP contribution in [0.3, 0.4) is 0 Å². The number of amides is 1. The average molecular weight is 251 g/mol. The van der Waals surface area contributed by atoms with E-state index in [0.717, 1.165) is 19.4 Å². The summed E-state index contributed by atoms with van der Waals surface area (Å²) in [6.45, 7) is 3.03. The van der Waals surface area contributed by atoms with Crippen molar-refractivity contribution in [3.8, 4) is 0 Å². The molecule has 3 fully saturated rings. The van der Waals surface area contributed by atoms with E-state index in [9.17, 15) is 4.79 Å². The molecule has 102 valence electrons. The maximum atomic E-state index is 12.5. The molecule has 0 aromatic rings. The lowest BCUT2D eigenvalue weighted by molar-refractivity contribution is -0.132. The number of hydrogen-bond donors (Lipinski definition) is 1. The fraction of sp³-hybridized carbons (Fsp3) is 0.929. The summed E-state index contributed by atoms with van der Waals surface area (Å²) in [5, 5.41) is 3.49. The van der Waals surface area contributed by atoms with Gasteiger partial charge in [0.25, 0.3) is 0 Å². The molecule has 4 heteroatoms. The summed E-state index contributed by atoms with van der Waals surface area (Å²) in [7, 11) is 4.33. The second kappa shape index (κ2) is 3.94. The Morgan fingerprint density at radius 3 is 2.33 bits per heavy atom. The molecule has 3 rings (SSSR count). The van der Waals surface area contributed by atoms with E-state index in [1.807, 2.05) is 0 Å². The highest BCUT2D eigenvalue weighted by atomic mass is 16.2. The van der Waals surface area contributed by atoms with Crippen molar-refractivity contribution < 1.29 is 4.79 Å². The van der Waals surface area contributed by atoms with Crippen LogP contribution in [0.15, 0.2) is 0 Å². The van der Waals surface area contributed by atoms with Crippen molar-refractivity contribution in [2.75, 3.05) is 20.6 Å². The summed E-state index contributed by atoms with van der Waals surface area (Å²) in [4.78, 5) is 16.9. The van der Waals surface area contributed by atoms with Crippen LogP contribution >= 0.6 is 0 Å². The minimum Gasteiger partial charge on any atom is -0.324 e. The Morgan fingerprint density at radius 1 is 1.28 bits per heavy atom. The average Bonchev–Trinajstić information content (AvgIpc) is 2.86. The van der Waals surface area contributed by atoms with Crippen molar-refractivity contribution in [1.82, 2.24) is 15.1 Å². The fourth-order valence-electron chi connectivity index (χ4n) is 3.78. The van der Waals surface area contributed by atoms with E-state index in [1.54, 1.807) is 0 Å². The molecule has 1 aliphatic heterocycles. The molecule has 3 aliphatic rings. The minimum atomic E-state index is -0.161. The van der Waals surface area contributed by atoms with Crippen molar-refractivity contribution in [3.63, 3.8) is 0 Å². The van der Waals surface area contributed by atoms with Gasteiger partial charge in [-0.25, -0.2) is 0 Å². The molecule has 18 heavy (non-hydrogen) atoms. The Bertz CT molecular complexity index is 356. The standard InChI is InChI=1S/C14H25N3O/c1-11-15-14(8-9-14)12(18)17(11)10-13(16(2)3)6-4-5-7-13/h11,15H,4-10H2,1-3H3. The topological polar surface area (TPSA) is 35.6 Å². The zero-order valence-electron chi connectivity index (χ0n) is 11.8. The Hall–Kier alpha value is -0.610. The first kappa shape index (κ1) is 12.4. The van der Waals surface area contributed by atoms with Gasteiger partial charge in [-0.05, 0) is 46.7 Å². The molecule has 0 aromatic heterocycles. The highest BCUT2D eigenvalue weighted by Crippen LogP contribution is 2.44. The summed E-state index contributed by atoms with van der Waals surface area (Å²) in [5.41, 5.74) is 0.0531. The van der Waals surface area contributed by atoms with Gasteiger partial charge in [0.05, 0.1) is 11.7 Å². The van der Waals surface area contributed by atoms with E-state index < -0.39 is 0 Å². The molecule has 4 nitrogen and oxygen atoms in total. The van der Waals surface area contributed by atoms with Crippen molar-refractivity contribution in [2.45, 2.75) is 62.7 Å². The van der Waals surface area contributed by atoms with Crippen LogP contribution in [0.4, 0.5) is 0 Å². The summed E-state index contributed by atoms with van der Waals surface area (Å²) in [6, 6.07) is 0. The second-order valence-corrected chi connectivity index (χ2v) is 6.66. The third-order valence-electron chi connectivity index (χ3n) is 5.32. The summed E-state index contributed by atoms with van der Waals surface area (Å²) in [6.07, 6.45) is 7.31. The smallest absolute Gasteiger partial charge is 0.244 e. The van der Waals surface area contributed by atoms with Crippen molar-refractivity contribution in [1.29, 1.82) is 0 Å². The van der Waals surface area contributed by atoms with Crippen molar-refractivity contribution >= 4 is 5.91 Å². The maximum Gasteiger partial charge on any atom is 0.244 e. The predicted octanol–water partition coefficient (Wildman–Crippen LogP) is 1.17. The van der Waals surface area contributed by atoms with Gasteiger partial charge in [-0.3, -0.25) is 10.1 Å². The van der Waals surface area contributed by atoms with Crippen LogP contribution in [0.25, 0.3) is 0 Å². The highest BCUT2D eigenvalue weighted by molar-refractivity contribution is 5.91. The molecule has 0 radical (unpaired) electrons. The molecule has 2 aliphatic carbocycles. The second-order valence-electron chi connectivity index (χ2n) is 6.66. The van der Waals surface area contributed by atoms with Crippen LogP contribution in [0, 0.1) is 0 Å². The molecule has 0 bridgehead atoms. The van der Waals surface area contributed by atoms with E-state index in [2.05, 4.69) is 36.1 Å². The first-order valence-electron chi connectivity index (χ1n) is 7.25. The van der Waals surface area contributed by atoms with Gasteiger partial charge < -0.3 is 9.80 Å². The molecule has 1 saturated heterocycles. The molecule has 1 amide bonds. The van der Waals surface area contributed by atoms with Gasteiger partial charge in [-0.2, -0.15) is 0 Å². The summed E-state index contributed by atoms with van der Waals surface area (Å²) in [5.74, 6) is 0.350. The van der Waals surface area contributed by atoms with Crippen LogP contribution in [0.2, 0.25) is 0 Å². The zero-order chi connectivity index (χ0) is 13.0. The highest BCUT2D eigenvalue weighted by Gasteiger charge is 2.59. The van der Waals surface area contributed by atoms with Crippen LogP contribution < -0.4 is 5.32 Å². The molecular weight excluding hydrogens is 226 g/mol. The maximum absolute atomic E-state index is 12.5. The van der Waals surface area contributed by atoms with E-state index in [4.69, 9.17) is 0 Å². The lowest BCUT2D eigenvalue weighted by atomic mass is 9.95. The van der Waals surface area contributed by atoms with Gasteiger partial charge in [0.15, 0.2) is 0 Å². The van der Waals surface area contributed by atoms with Gasteiger partial charge in [-0.15, -0.1) is 0 Å². The Balaban J connectivity index is 1.77. The van der Waals surface area contributed by atoms with E-state index in [1.165, 1.54) is 25.7 Å². The third kappa shape index (κ3) is 1.69. The molecule has 1 atom stereocenters. The normalized spacial score (nSPS) is 32.8. The van der Waals surface area contributed by atoms with E-state index in [-0.39, 0.29) is 17.2 Å². The Morgan fingerprint density at radius 2 is 1.89 bits per heavy atom. The van der Waals surface area contributed by atoms with Crippen LogP contribution in [0.5, 0.6) is 0 Å². The molecular formula is C14H25N3O. The molecule has 1 unspecified atom stereocenters. The number of carbonyl (C=O) groups is 1. The van der Waals surface area contributed by atoms with Crippen molar-refractivity contribution in [3.05, 3.63) is 0 Å². The van der Waals surface area contributed by atoms with E-state index >= 15 is 0 Å². The SMILES string of the molecule is CC1NC2(CC2)C(=O)N1CC1(N(C)C)CCCC1. The van der Waals surface area contributed by atoms with Gasteiger partial charge in [0, 0.05) is 12.1 Å². The first-order valence-corrected chi connectivity index (χ1v) is 7.25. The lowest BCUT2D eigenvalue weighted by Gasteiger charge is -2.40. The number of hydrogen-bond acceptors (Lipinski definition) is 3. The summed E-state index contributed by atoms with van der Waals surface area (Å²) < 4.78 is 0. The van der Waals surface area contributed by atoms with Gasteiger partial charge in [-0.1, -0.05) is 12.8 Å².